The molecule has 2 aromatic rings. The third-order valence-corrected chi connectivity index (χ3v) is 4.35. The summed E-state index contributed by atoms with van der Waals surface area (Å²) in [6, 6.07) is 12.1. The summed E-state index contributed by atoms with van der Waals surface area (Å²) in [6.07, 6.45) is 0.832. The molecule has 0 atom stereocenters. The van der Waals surface area contributed by atoms with Gasteiger partial charge in [-0.25, -0.2) is 0 Å². The predicted molar refractivity (Wildman–Crippen MR) is 118 cm³/mol. The van der Waals surface area contributed by atoms with Crippen LogP contribution in [0, 0.1) is 0 Å². The van der Waals surface area contributed by atoms with Crippen molar-refractivity contribution in [1.82, 2.24) is 10.2 Å². The molecule has 148 valence electrons. The van der Waals surface area contributed by atoms with Crippen LogP contribution in [0.2, 0.25) is 0 Å². The maximum Gasteiger partial charge on any atom is 0.261 e. The highest BCUT2D eigenvalue weighted by atomic mass is 79.9. The van der Waals surface area contributed by atoms with E-state index in [4.69, 9.17) is 17.0 Å². The summed E-state index contributed by atoms with van der Waals surface area (Å²) in [5.41, 5.74) is 1.50. The van der Waals surface area contributed by atoms with Gasteiger partial charge in [0.15, 0.2) is 5.11 Å². The van der Waals surface area contributed by atoms with E-state index in [1.807, 2.05) is 13.0 Å². The van der Waals surface area contributed by atoms with Crippen molar-refractivity contribution < 1.29 is 14.3 Å². The minimum absolute atomic E-state index is 0.120. The van der Waals surface area contributed by atoms with Gasteiger partial charge < -0.3 is 15.0 Å². The number of hydrogen-bond donors (Lipinski definition) is 2. The van der Waals surface area contributed by atoms with E-state index in [1.165, 1.54) is 4.90 Å². The maximum absolute atomic E-state index is 12.6. The van der Waals surface area contributed by atoms with Crippen molar-refractivity contribution in [2.75, 3.05) is 26.0 Å². The molecule has 0 fully saturated rings. The first-order valence-corrected chi connectivity index (χ1v) is 9.88. The van der Waals surface area contributed by atoms with Crippen molar-refractivity contribution >= 4 is 50.8 Å². The molecule has 0 aromatic heterocycles. The number of anilines is 1. The standard InChI is InChI=1S/C20H22BrN3O3S/c1-4-10-27-17-9-8-14(21)12-16(17)18(25)23-20(28)22-15-7-5-6-13(11-15)19(26)24(2)3/h5-9,11-12H,4,10H2,1-3H3,(H2,22,23,25,28). The van der Waals surface area contributed by atoms with E-state index in [9.17, 15) is 9.59 Å². The molecular formula is C20H22BrN3O3S. The molecule has 6 nitrogen and oxygen atoms in total. The Hall–Kier alpha value is -2.45. The lowest BCUT2D eigenvalue weighted by Crippen LogP contribution is -2.34. The maximum atomic E-state index is 12.6. The van der Waals surface area contributed by atoms with E-state index in [0.29, 0.717) is 29.2 Å². The van der Waals surface area contributed by atoms with Crippen LogP contribution in [0.25, 0.3) is 0 Å². The summed E-state index contributed by atoms with van der Waals surface area (Å²) in [6.45, 7) is 2.50. The number of nitrogens with one attached hydrogen (secondary N) is 2. The number of amides is 2. The van der Waals surface area contributed by atoms with Gasteiger partial charge in [-0.15, -0.1) is 0 Å². The first kappa shape index (κ1) is 21.8. The van der Waals surface area contributed by atoms with E-state index in [2.05, 4.69) is 26.6 Å². The molecule has 8 heteroatoms. The summed E-state index contributed by atoms with van der Waals surface area (Å²) < 4.78 is 6.40. The molecule has 0 aliphatic heterocycles. The van der Waals surface area contributed by atoms with Crippen molar-refractivity contribution in [3.05, 3.63) is 58.1 Å². The Bertz CT molecular complexity index is 887. The molecule has 2 amide bonds. The van der Waals surface area contributed by atoms with Crippen LogP contribution in [-0.4, -0.2) is 42.5 Å². The molecule has 2 rings (SSSR count). The zero-order valence-corrected chi connectivity index (χ0v) is 18.3. The molecule has 0 bridgehead atoms. The molecule has 2 aromatic carbocycles. The van der Waals surface area contributed by atoms with Gasteiger partial charge in [-0.05, 0) is 55.0 Å². The summed E-state index contributed by atoms with van der Waals surface area (Å²) in [5.74, 6) is -0.0141. The van der Waals surface area contributed by atoms with Crippen LogP contribution < -0.4 is 15.4 Å². The number of nitrogens with zero attached hydrogens (tertiary/aromatic N) is 1. The Morgan fingerprint density at radius 2 is 1.93 bits per heavy atom. The lowest BCUT2D eigenvalue weighted by Gasteiger charge is -2.14. The predicted octanol–water partition coefficient (Wildman–Crippen LogP) is 4.07. The average molecular weight is 464 g/mol. The minimum atomic E-state index is -0.384. The van der Waals surface area contributed by atoms with Gasteiger partial charge in [0.25, 0.3) is 11.8 Å². The molecule has 2 N–H and O–H groups in total. The molecule has 0 aliphatic carbocycles. The van der Waals surface area contributed by atoms with Gasteiger partial charge in [-0.3, -0.25) is 14.9 Å². The second kappa shape index (κ2) is 10.2. The van der Waals surface area contributed by atoms with Crippen molar-refractivity contribution in [3.63, 3.8) is 0 Å². The summed E-state index contributed by atoms with van der Waals surface area (Å²) in [5, 5.41) is 5.70. The number of halogens is 1. The van der Waals surface area contributed by atoms with E-state index in [0.717, 1.165) is 10.9 Å². The van der Waals surface area contributed by atoms with Crippen LogP contribution in [0.4, 0.5) is 5.69 Å². The number of ether oxygens (including phenoxy) is 1. The topological polar surface area (TPSA) is 70.7 Å². The molecular weight excluding hydrogens is 442 g/mol. The van der Waals surface area contributed by atoms with Crippen LogP contribution in [0.15, 0.2) is 46.9 Å². The third-order valence-electron chi connectivity index (χ3n) is 3.65. The van der Waals surface area contributed by atoms with Crippen molar-refractivity contribution in [2.24, 2.45) is 0 Å². The first-order valence-electron chi connectivity index (χ1n) is 8.68. The highest BCUT2D eigenvalue weighted by Crippen LogP contribution is 2.23. The molecule has 0 aliphatic rings. The Balaban J connectivity index is 2.09. The van der Waals surface area contributed by atoms with Crippen LogP contribution >= 0.6 is 28.1 Å². The number of thiocarbonyl (C=S) groups is 1. The van der Waals surface area contributed by atoms with Crippen molar-refractivity contribution in [3.8, 4) is 5.75 Å². The second-order valence-corrected chi connectivity index (χ2v) is 7.50. The Morgan fingerprint density at radius 3 is 2.61 bits per heavy atom. The van der Waals surface area contributed by atoms with Gasteiger partial charge in [0, 0.05) is 29.8 Å². The normalized spacial score (nSPS) is 10.1. The zero-order valence-electron chi connectivity index (χ0n) is 15.9. The van der Waals surface area contributed by atoms with Crippen LogP contribution in [0.3, 0.4) is 0 Å². The minimum Gasteiger partial charge on any atom is -0.493 e. The van der Waals surface area contributed by atoms with Crippen LogP contribution in [-0.2, 0) is 0 Å². The largest absolute Gasteiger partial charge is 0.493 e. The third kappa shape index (κ3) is 6.03. The summed E-state index contributed by atoms with van der Waals surface area (Å²) in [4.78, 5) is 26.2. The number of carbonyl (C=O) groups is 2. The van der Waals surface area contributed by atoms with E-state index < -0.39 is 0 Å². The van der Waals surface area contributed by atoms with Crippen molar-refractivity contribution in [2.45, 2.75) is 13.3 Å². The smallest absolute Gasteiger partial charge is 0.261 e. The Morgan fingerprint density at radius 1 is 1.18 bits per heavy atom. The fourth-order valence-corrected chi connectivity index (χ4v) is 2.91. The van der Waals surface area contributed by atoms with E-state index in [-0.39, 0.29) is 16.9 Å². The lowest BCUT2D eigenvalue weighted by atomic mass is 10.2. The fourth-order valence-electron chi connectivity index (χ4n) is 2.34. The molecule has 0 saturated heterocycles. The van der Waals surface area contributed by atoms with E-state index in [1.54, 1.807) is 50.5 Å². The van der Waals surface area contributed by atoms with E-state index >= 15 is 0 Å². The average Bonchev–Trinajstić information content (AvgIpc) is 2.66. The van der Waals surface area contributed by atoms with Crippen LogP contribution in [0.5, 0.6) is 5.75 Å². The number of carbonyl (C=O) groups excluding carboxylic acids is 2. The van der Waals surface area contributed by atoms with Crippen LogP contribution in [0.1, 0.15) is 34.1 Å². The SMILES string of the molecule is CCCOc1ccc(Br)cc1C(=O)NC(=S)Nc1cccc(C(=O)N(C)C)c1. The quantitative estimate of drug-likeness (QED) is 0.631. The highest BCUT2D eigenvalue weighted by molar-refractivity contribution is 9.10. The Labute approximate surface area is 178 Å². The molecule has 0 spiro atoms. The fraction of sp³-hybridized carbons (Fsp3) is 0.250. The number of benzene rings is 2. The van der Waals surface area contributed by atoms with Gasteiger partial charge >= 0.3 is 0 Å². The summed E-state index contributed by atoms with van der Waals surface area (Å²) in [7, 11) is 3.37. The van der Waals surface area contributed by atoms with Crippen molar-refractivity contribution in [1.29, 1.82) is 0 Å². The number of hydrogen-bond acceptors (Lipinski definition) is 4. The zero-order chi connectivity index (χ0) is 20.7. The van der Waals surface area contributed by atoms with Gasteiger partial charge in [0.2, 0.25) is 0 Å². The van der Waals surface area contributed by atoms with Gasteiger partial charge in [-0.1, -0.05) is 28.9 Å². The van der Waals surface area contributed by atoms with Gasteiger partial charge in [-0.2, -0.15) is 0 Å². The highest BCUT2D eigenvalue weighted by Gasteiger charge is 2.15. The summed E-state index contributed by atoms with van der Waals surface area (Å²) >= 11 is 8.61. The Kier molecular flexibility index (Phi) is 7.95. The monoisotopic (exact) mass is 463 g/mol. The van der Waals surface area contributed by atoms with Gasteiger partial charge in [0.05, 0.1) is 12.2 Å². The second-order valence-electron chi connectivity index (χ2n) is 6.18. The first-order chi connectivity index (χ1) is 13.3. The molecule has 0 heterocycles. The molecule has 0 saturated carbocycles. The number of rotatable bonds is 6. The molecule has 0 radical (unpaired) electrons. The van der Waals surface area contributed by atoms with Gasteiger partial charge in [0.1, 0.15) is 5.75 Å². The lowest BCUT2D eigenvalue weighted by molar-refractivity contribution is 0.0827. The molecule has 0 unspecified atom stereocenters. The molecule has 28 heavy (non-hydrogen) atoms.